The number of aliphatic hydroxyl groups is 2. The maximum absolute atomic E-state index is 11.7. The Bertz CT molecular complexity index is 565. The second-order valence-electron chi connectivity index (χ2n) is 5.92. The van der Waals surface area contributed by atoms with Crippen LogP contribution >= 0.6 is 94.1 Å². The molecular formula is C19H34O10S8. The average molecular weight is 679 g/mol. The Hall–Kier alpha value is 1.05. The van der Waals surface area contributed by atoms with Crippen LogP contribution in [0.3, 0.4) is 0 Å². The quantitative estimate of drug-likeness (QED) is 0.0313. The highest BCUT2D eigenvalue weighted by molar-refractivity contribution is 8.17. The van der Waals surface area contributed by atoms with Gasteiger partial charge in [-0.15, -0.1) is 70.6 Å². The number of carbonyl (C=O) groups excluding carboxylic acids is 3. The lowest BCUT2D eigenvalue weighted by Crippen LogP contribution is -2.10. The fourth-order valence-corrected chi connectivity index (χ4v) is 7.39. The Balaban J connectivity index is 3.24. The number of aliphatic hydroxyl groups excluding tert-OH is 2. The number of carbonyl (C=O) groups is 3. The van der Waals surface area contributed by atoms with Gasteiger partial charge in [-0.05, 0) is 0 Å². The van der Waals surface area contributed by atoms with Crippen LogP contribution in [-0.2, 0) is 38.4 Å². The molecule has 0 aromatic rings. The number of hydrogen-bond acceptors (Lipinski definition) is 18. The second kappa shape index (κ2) is 31.6. The SMILES string of the molecule is O=C(CSCSCCOOCCSCSCCOC(=O)CSCSCC(=O)OCSCO)OCSCO. The van der Waals surface area contributed by atoms with Crippen LogP contribution in [0.5, 0.6) is 0 Å². The van der Waals surface area contributed by atoms with Gasteiger partial charge in [0.2, 0.25) is 0 Å². The largest absolute Gasteiger partial charge is 0.464 e. The van der Waals surface area contributed by atoms with Crippen molar-refractivity contribution in [1.82, 2.24) is 0 Å². The number of esters is 3. The standard InChI is InChI=1S/C19H34O10S8/c20-10-36-12-26-18(23)8-33-15-32-6-3-29-28-2-5-31-14-30-4-1-25-17(22)7-34-16-35-9-19(24)27-13-37-11-21/h20-21H,1-16H2. The fraction of sp³-hybridized carbons (Fsp3) is 0.842. The molecule has 0 heterocycles. The van der Waals surface area contributed by atoms with Crippen molar-refractivity contribution in [3.8, 4) is 0 Å². The van der Waals surface area contributed by atoms with Crippen LogP contribution in [0.15, 0.2) is 0 Å². The lowest BCUT2D eigenvalue weighted by atomic mass is 10.8. The van der Waals surface area contributed by atoms with Crippen LogP contribution in [0, 0.1) is 0 Å². The first-order chi connectivity index (χ1) is 18.1. The summed E-state index contributed by atoms with van der Waals surface area (Å²) in [5.41, 5.74) is 0. The first-order valence-corrected chi connectivity index (χ1v) is 19.9. The third-order valence-corrected chi connectivity index (χ3v) is 10.8. The smallest absolute Gasteiger partial charge is 0.316 e. The monoisotopic (exact) mass is 678 g/mol. The van der Waals surface area contributed by atoms with Gasteiger partial charge in [0.05, 0.1) is 42.4 Å². The molecule has 2 N–H and O–H groups in total. The lowest BCUT2D eigenvalue weighted by molar-refractivity contribution is -0.285. The van der Waals surface area contributed by atoms with Gasteiger partial charge in [-0.25, -0.2) is 9.78 Å². The van der Waals surface area contributed by atoms with Gasteiger partial charge < -0.3 is 24.4 Å². The summed E-state index contributed by atoms with van der Waals surface area (Å²) >= 11 is 11.6. The van der Waals surface area contributed by atoms with Crippen LogP contribution in [0.25, 0.3) is 0 Å². The first kappa shape index (κ1) is 38.0. The summed E-state index contributed by atoms with van der Waals surface area (Å²) in [6.07, 6.45) is 0. The topological polar surface area (TPSA) is 138 Å². The van der Waals surface area contributed by atoms with Gasteiger partial charge in [-0.2, -0.15) is 0 Å². The predicted octanol–water partition coefficient (Wildman–Crippen LogP) is 3.12. The average Bonchev–Trinajstić information content (AvgIpc) is 2.88. The molecule has 0 aliphatic rings. The van der Waals surface area contributed by atoms with Crippen molar-refractivity contribution in [3.05, 3.63) is 0 Å². The Morgan fingerprint density at radius 1 is 0.486 bits per heavy atom. The normalized spacial score (nSPS) is 10.9. The molecule has 0 amide bonds. The van der Waals surface area contributed by atoms with E-state index in [0.717, 1.165) is 51.0 Å². The van der Waals surface area contributed by atoms with Crippen LogP contribution < -0.4 is 0 Å². The maximum atomic E-state index is 11.7. The number of hydrogen-bond donors (Lipinski definition) is 2. The van der Waals surface area contributed by atoms with E-state index in [4.69, 9.17) is 34.2 Å². The molecule has 0 radical (unpaired) electrons. The predicted molar refractivity (Wildman–Crippen MR) is 163 cm³/mol. The highest BCUT2D eigenvalue weighted by Crippen LogP contribution is 2.15. The number of rotatable bonds is 28. The van der Waals surface area contributed by atoms with Crippen LogP contribution in [0.1, 0.15) is 0 Å². The van der Waals surface area contributed by atoms with Crippen molar-refractivity contribution in [2.45, 2.75) is 0 Å². The van der Waals surface area contributed by atoms with E-state index < -0.39 is 0 Å². The molecular weight excluding hydrogens is 645 g/mol. The zero-order valence-corrected chi connectivity index (χ0v) is 26.8. The minimum absolute atomic E-state index is 0.0617. The highest BCUT2D eigenvalue weighted by Gasteiger charge is 2.06. The molecule has 0 bridgehead atoms. The molecule has 0 saturated heterocycles. The molecule has 0 atom stereocenters. The molecule has 0 aliphatic carbocycles. The Morgan fingerprint density at radius 3 is 1.32 bits per heavy atom. The first-order valence-electron chi connectivity index (χ1n) is 10.6. The minimum Gasteiger partial charge on any atom is -0.464 e. The van der Waals surface area contributed by atoms with E-state index in [9.17, 15) is 14.4 Å². The van der Waals surface area contributed by atoms with Gasteiger partial charge in [0.15, 0.2) is 0 Å². The Labute approximate surface area is 252 Å². The minimum atomic E-state index is -0.336. The summed E-state index contributed by atoms with van der Waals surface area (Å²) in [6, 6.07) is 0. The van der Waals surface area contributed by atoms with E-state index in [0.29, 0.717) is 30.7 Å². The fourth-order valence-electron chi connectivity index (χ4n) is 1.66. The molecule has 10 nitrogen and oxygen atoms in total. The summed E-state index contributed by atoms with van der Waals surface area (Å²) in [5, 5.41) is 19.4. The molecule has 0 saturated carbocycles. The molecule has 0 rings (SSSR count). The summed E-state index contributed by atoms with van der Waals surface area (Å²) in [7, 11) is 0. The van der Waals surface area contributed by atoms with Gasteiger partial charge >= 0.3 is 17.9 Å². The van der Waals surface area contributed by atoms with Gasteiger partial charge in [-0.1, -0.05) is 23.5 Å². The van der Waals surface area contributed by atoms with E-state index in [-0.39, 0.29) is 53.2 Å². The zero-order valence-electron chi connectivity index (χ0n) is 20.2. The van der Waals surface area contributed by atoms with Crippen molar-refractivity contribution < 1.29 is 48.6 Å². The summed E-state index contributed by atoms with van der Waals surface area (Å²) in [4.78, 5) is 44.6. The Morgan fingerprint density at radius 2 is 0.865 bits per heavy atom. The van der Waals surface area contributed by atoms with E-state index in [2.05, 4.69) is 0 Å². The van der Waals surface area contributed by atoms with Gasteiger partial charge in [0.1, 0.15) is 18.5 Å². The van der Waals surface area contributed by atoms with Crippen LogP contribution in [0.2, 0.25) is 0 Å². The molecule has 0 aromatic carbocycles. The summed E-state index contributed by atoms with van der Waals surface area (Å²) in [5.74, 6) is 2.34. The molecule has 37 heavy (non-hydrogen) atoms. The second-order valence-corrected chi connectivity index (χ2v) is 15.1. The third-order valence-electron chi connectivity index (χ3n) is 3.14. The molecule has 218 valence electrons. The van der Waals surface area contributed by atoms with E-state index in [1.807, 2.05) is 0 Å². The van der Waals surface area contributed by atoms with E-state index >= 15 is 0 Å². The molecule has 0 aliphatic heterocycles. The molecule has 0 aromatic heterocycles. The van der Waals surface area contributed by atoms with Gasteiger partial charge in [0.25, 0.3) is 0 Å². The molecule has 0 unspecified atom stereocenters. The van der Waals surface area contributed by atoms with Gasteiger partial charge in [0, 0.05) is 32.5 Å². The Kier molecular flexibility index (Phi) is 32.5. The highest BCUT2D eigenvalue weighted by atomic mass is 32.2. The van der Waals surface area contributed by atoms with Crippen molar-refractivity contribution >= 4 is 112 Å². The van der Waals surface area contributed by atoms with E-state index in [1.54, 1.807) is 35.3 Å². The summed E-state index contributed by atoms with van der Waals surface area (Å²) in [6.45, 7) is 1.33. The van der Waals surface area contributed by atoms with Crippen molar-refractivity contribution in [3.63, 3.8) is 0 Å². The number of thioether (sulfide) groups is 8. The van der Waals surface area contributed by atoms with Crippen LogP contribution in [-0.4, -0.2) is 121 Å². The molecule has 0 fully saturated rings. The van der Waals surface area contributed by atoms with Gasteiger partial charge in [-0.3, -0.25) is 14.4 Å². The number of ether oxygens (including phenoxy) is 3. The van der Waals surface area contributed by atoms with Crippen molar-refractivity contribution in [2.24, 2.45) is 0 Å². The van der Waals surface area contributed by atoms with Crippen molar-refractivity contribution in [2.75, 3.05) is 93.3 Å². The van der Waals surface area contributed by atoms with Crippen LogP contribution in [0.4, 0.5) is 0 Å². The lowest BCUT2D eigenvalue weighted by Gasteiger charge is -2.06. The zero-order chi connectivity index (χ0) is 27.2. The summed E-state index contributed by atoms with van der Waals surface area (Å²) < 4.78 is 14.9. The maximum Gasteiger partial charge on any atom is 0.316 e. The molecule has 18 heteroatoms. The van der Waals surface area contributed by atoms with E-state index in [1.165, 1.54) is 35.3 Å². The van der Waals surface area contributed by atoms with Crippen molar-refractivity contribution in [1.29, 1.82) is 0 Å². The third kappa shape index (κ3) is 31.4. The molecule has 0 spiro atoms.